The number of aromatic amines is 1. The zero-order valence-electron chi connectivity index (χ0n) is 15.9. The Hall–Kier alpha value is -1.40. The van der Waals surface area contributed by atoms with Gasteiger partial charge in [-0.2, -0.15) is 5.10 Å². The number of aromatic nitrogens is 2. The van der Waals surface area contributed by atoms with Crippen LogP contribution in [0, 0.1) is 5.41 Å². The van der Waals surface area contributed by atoms with Crippen LogP contribution in [-0.2, 0) is 17.8 Å². The fourth-order valence-corrected chi connectivity index (χ4v) is 5.60. The molecule has 142 valence electrons. The summed E-state index contributed by atoms with van der Waals surface area (Å²) in [7, 11) is 2.15. The summed E-state index contributed by atoms with van der Waals surface area (Å²) in [4.78, 5) is 17.8. The Bertz CT molecular complexity index is 688. The van der Waals surface area contributed by atoms with Gasteiger partial charge in [0.2, 0.25) is 5.91 Å². The Balaban J connectivity index is 1.31. The standard InChI is InChI=1S/C20H31N5O/c1-24-13-20(6-8-21-9-7-20)11-17(24)19(26)25-10-5-16-15(12-25)18(23-22-16)14-3-2-4-14/h14,17,21H,2-13H2,1H3,(H,22,23)/t17-/m1/s1. The quantitative estimate of drug-likeness (QED) is 0.845. The predicted octanol–water partition coefficient (Wildman–Crippen LogP) is 1.64. The normalized spacial score (nSPS) is 29.0. The van der Waals surface area contributed by atoms with Crippen LogP contribution < -0.4 is 5.32 Å². The number of piperidine rings is 1. The van der Waals surface area contributed by atoms with E-state index in [4.69, 9.17) is 0 Å². The lowest BCUT2D eigenvalue weighted by Crippen LogP contribution is -2.46. The fourth-order valence-electron chi connectivity index (χ4n) is 5.60. The average molecular weight is 358 g/mol. The number of nitrogens with zero attached hydrogens (tertiary/aromatic N) is 3. The summed E-state index contributed by atoms with van der Waals surface area (Å²) < 4.78 is 0. The first-order chi connectivity index (χ1) is 12.7. The summed E-state index contributed by atoms with van der Waals surface area (Å²) in [5.41, 5.74) is 4.20. The maximum atomic E-state index is 13.4. The maximum absolute atomic E-state index is 13.4. The van der Waals surface area contributed by atoms with Crippen LogP contribution in [0.15, 0.2) is 0 Å². The lowest BCUT2D eigenvalue weighted by atomic mass is 9.77. The first-order valence-corrected chi connectivity index (χ1v) is 10.4. The third-order valence-electron chi connectivity index (χ3n) is 7.46. The van der Waals surface area contributed by atoms with Crippen molar-refractivity contribution in [2.24, 2.45) is 5.41 Å². The molecule has 6 heteroatoms. The molecule has 1 saturated carbocycles. The summed E-state index contributed by atoms with van der Waals surface area (Å²) in [6.07, 6.45) is 8.21. The van der Waals surface area contributed by atoms with Crippen LogP contribution in [0.2, 0.25) is 0 Å². The highest BCUT2D eigenvalue weighted by atomic mass is 16.2. The van der Waals surface area contributed by atoms with Crippen molar-refractivity contribution in [3.05, 3.63) is 17.0 Å². The second kappa shape index (κ2) is 6.34. The molecule has 0 bridgehead atoms. The number of fused-ring (bicyclic) bond motifs is 1. The molecule has 1 aromatic rings. The second-order valence-electron chi connectivity index (χ2n) is 9.09. The monoisotopic (exact) mass is 357 g/mol. The molecular formula is C20H31N5O. The molecular weight excluding hydrogens is 326 g/mol. The van der Waals surface area contributed by atoms with E-state index in [-0.39, 0.29) is 6.04 Å². The van der Waals surface area contributed by atoms with E-state index in [2.05, 4.69) is 32.4 Å². The van der Waals surface area contributed by atoms with E-state index in [1.807, 2.05) is 0 Å². The van der Waals surface area contributed by atoms with Gasteiger partial charge in [0, 0.05) is 43.2 Å². The first kappa shape index (κ1) is 16.8. The lowest BCUT2D eigenvalue weighted by Gasteiger charge is -2.34. The van der Waals surface area contributed by atoms with Crippen LogP contribution in [0.25, 0.3) is 0 Å². The molecule has 1 amide bonds. The molecule has 4 aliphatic rings. The van der Waals surface area contributed by atoms with Gasteiger partial charge < -0.3 is 10.2 Å². The Morgan fingerprint density at radius 2 is 2.08 bits per heavy atom. The van der Waals surface area contributed by atoms with Gasteiger partial charge in [0.25, 0.3) is 0 Å². The van der Waals surface area contributed by atoms with Gasteiger partial charge in [0.05, 0.1) is 11.7 Å². The molecule has 3 aliphatic heterocycles. The number of hydrogen-bond donors (Lipinski definition) is 2. The van der Waals surface area contributed by atoms with Crippen molar-refractivity contribution in [2.75, 3.05) is 33.2 Å². The van der Waals surface area contributed by atoms with Crippen molar-refractivity contribution in [1.29, 1.82) is 0 Å². The number of amides is 1. The molecule has 0 aromatic carbocycles. The van der Waals surface area contributed by atoms with E-state index < -0.39 is 0 Å². The molecule has 2 N–H and O–H groups in total. The van der Waals surface area contributed by atoms with E-state index >= 15 is 0 Å². The Labute approximate surface area is 155 Å². The molecule has 2 saturated heterocycles. The Morgan fingerprint density at radius 3 is 2.81 bits per heavy atom. The van der Waals surface area contributed by atoms with E-state index in [0.717, 1.165) is 45.6 Å². The van der Waals surface area contributed by atoms with Gasteiger partial charge in [0.1, 0.15) is 0 Å². The zero-order valence-corrected chi connectivity index (χ0v) is 15.9. The van der Waals surface area contributed by atoms with Crippen LogP contribution in [0.1, 0.15) is 61.4 Å². The van der Waals surface area contributed by atoms with Crippen molar-refractivity contribution < 1.29 is 4.79 Å². The van der Waals surface area contributed by atoms with Gasteiger partial charge in [-0.25, -0.2) is 0 Å². The summed E-state index contributed by atoms with van der Waals surface area (Å²) in [6, 6.07) is 0.0636. The summed E-state index contributed by atoms with van der Waals surface area (Å²) in [5, 5.41) is 11.3. The Kier molecular flexibility index (Phi) is 4.09. The molecule has 6 nitrogen and oxygen atoms in total. The Morgan fingerprint density at radius 1 is 1.27 bits per heavy atom. The highest BCUT2D eigenvalue weighted by molar-refractivity contribution is 5.82. The molecule has 4 heterocycles. The highest BCUT2D eigenvalue weighted by Crippen LogP contribution is 2.42. The van der Waals surface area contributed by atoms with E-state index in [9.17, 15) is 4.79 Å². The van der Waals surface area contributed by atoms with Crippen LogP contribution >= 0.6 is 0 Å². The molecule has 0 radical (unpaired) electrons. The van der Waals surface area contributed by atoms with Gasteiger partial charge in [0.15, 0.2) is 0 Å². The summed E-state index contributed by atoms with van der Waals surface area (Å²) in [5.74, 6) is 0.964. The number of carbonyl (C=O) groups excluding carboxylic acids is 1. The molecule has 26 heavy (non-hydrogen) atoms. The summed E-state index contributed by atoms with van der Waals surface area (Å²) in [6.45, 7) is 4.86. The van der Waals surface area contributed by atoms with Crippen molar-refractivity contribution in [3.8, 4) is 0 Å². The average Bonchev–Trinajstić information content (AvgIpc) is 3.15. The van der Waals surface area contributed by atoms with E-state index in [1.165, 1.54) is 49.1 Å². The van der Waals surface area contributed by atoms with Crippen molar-refractivity contribution in [3.63, 3.8) is 0 Å². The van der Waals surface area contributed by atoms with Crippen LogP contribution in [0.4, 0.5) is 0 Å². The van der Waals surface area contributed by atoms with Crippen molar-refractivity contribution in [1.82, 2.24) is 25.3 Å². The molecule has 0 unspecified atom stereocenters. The predicted molar refractivity (Wildman–Crippen MR) is 99.9 cm³/mol. The van der Waals surface area contributed by atoms with Crippen LogP contribution in [0.3, 0.4) is 0 Å². The third-order valence-corrected chi connectivity index (χ3v) is 7.46. The maximum Gasteiger partial charge on any atom is 0.240 e. The van der Waals surface area contributed by atoms with Gasteiger partial charge in [-0.05, 0) is 57.7 Å². The van der Waals surface area contributed by atoms with Crippen molar-refractivity contribution in [2.45, 2.75) is 63.5 Å². The summed E-state index contributed by atoms with van der Waals surface area (Å²) >= 11 is 0. The third kappa shape index (κ3) is 2.69. The van der Waals surface area contributed by atoms with Crippen LogP contribution in [0.5, 0.6) is 0 Å². The minimum absolute atomic E-state index is 0.0636. The van der Waals surface area contributed by atoms with E-state index in [0.29, 0.717) is 17.2 Å². The molecule has 1 atom stereocenters. The van der Waals surface area contributed by atoms with Gasteiger partial charge in [-0.1, -0.05) is 6.42 Å². The van der Waals surface area contributed by atoms with Gasteiger partial charge >= 0.3 is 0 Å². The number of carbonyl (C=O) groups is 1. The number of likely N-dealkylation sites (tertiary alicyclic amines) is 1. The molecule has 5 rings (SSSR count). The zero-order chi connectivity index (χ0) is 17.7. The smallest absolute Gasteiger partial charge is 0.240 e. The molecule has 3 fully saturated rings. The minimum Gasteiger partial charge on any atom is -0.336 e. The number of hydrogen-bond acceptors (Lipinski definition) is 4. The lowest BCUT2D eigenvalue weighted by molar-refractivity contribution is -0.136. The molecule has 1 aliphatic carbocycles. The number of likely N-dealkylation sites (N-methyl/N-ethyl adjacent to an activating group) is 1. The first-order valence-electron chi connectivity index (χ1n) is 10.4. The fraction of sp³-hybridized carbons (Fsp3) is 0.800. The van der Waals surface area contributed by atoms with Gasteiger partial charge in [-0.15, -0.1) is 0 Å². The second-order valence-corrected chi connectivity index (χ2v) is 9.09. The molecule has 1 aromatic heterocycles. The minimum atomic E-state index is 0.0636. The van der Waals surface area contributed by atoms with E-state index in [1.54, 1.807) is 0 Å². The topological polar surface area (TPSA) is 64.3 Å². The largest absolute Gasteiger partial charge is 0.336 e. The van der Waals surface area contributed by atoms with Crippen molar-refractivity contribution >= 4 is 5.91 Å². The molecule has 1 spiro atoms. The highest BCUT2D eigenvalue weighted by Gasteiger charge is 2.47. The van der Waals surface area contributed by atoms with Gasteiger partial charge in [-0.3, -0.25) is 14.8 Å². The van der Waals surface area contributed by atoms with Crippen LogP contribution in [-0.4, -0.2) is 65.2 Å². The number of H-pyrrole nitrogens is 1. The SMILES string of the molecule is CN1CC2(CCNCC2)C[C@@H]1C(=O)N1CCc2[nH]nc(C3CCC3)c2C1. The number of nitrogens with one attached hydrogen (secondary N) is 2. The number of rotatable bonds is 2.